The molecule has 100 valence electrons. The molecule has 0 N–H and O–H groups in total. The number of nitrogens with zero attached hydrogens (tertiary/aromatic N) is 4. The van der Waals surface area contributed by atoms with Crippen molar-refractivity contribution in [3.8, 4) is 0 Å². The van der Waals surface area contributed by atoms with Gasteiger partial charge in [-0.3, -0.25) is 4.79 Å². The van der Waals surface area contributed by atoms with Crippen molar-refractivity contribution in [2.45, 2.75) is 25.0 Å². The van der Waals surface area contributed by atoms with Crippen LogP contribution in [0.4, 0.5) is 4.39 Å². The highest BCUT2D eigenvalue weighted by molar-refractivity contribution is 7.99. The molecule has 0 saturated heterocycles. The number of hydrogen-bond donors (Lipinski definition) is 0. The van der Waals surface area contributed by atoms with Gasteiger partial charge in [-0.2, -0.15) is 0 Å². The van der Waals surface area contributed by atoms with Crippen molar-refractivity contribution in [2.24, 2.45) is 0 Å². The molecule has 19 heavy (non-hydrogen) atoms. The quantitative estimate of drug-likeness (QED) is 0.621. The Balaban J connectivity index is 2.00. The molecule has 1 heterocycles. The van der Waals surface area contributed by atoms with E-state index in [2.05, 4.69) is 15.5 Å². The largest absolute Gasteiger partial charge is 0.293 e. The molecule has 0 bridgehead atoms. The smallest absolute Gasteiger partial charge is 0.209 e. The van der Waals surface area contributed by atoms with Crippen molar-refractivity contribution in [3.05, 3.63) is 35.6 Å². The summed E-state index contributed by atoms with van der Waals surface area (Å²) in [6.45, 7) is 3.92. The first-order chi connectivity index (χ1) is 9.08. The van der Waals surface area contributed by atoms with Gasteiger partial charge in [-0.1, -0.05) is 11.8 Å². The number of halogens is 1. The normalized spacial score (nSPS) is 10.9. The molecule has 2 rings (SSSR count). The Morgan fingerprint density at radius 3 is 2.68 bits per heavy atom. The summed E-state index contributed by atoms with van der Waals surface area (Å²) in [6, 6.07) is 5.64. The van der Waals surface area contributed by atoms with Crippen molar-refractivity contribution < 1.29 is 9.18 Å². The standard InChI is InChI=1S/C12H13FN4OS/c1-8(2)17-12(14-15-16-17)19-7-11(18)9-3-5-10(13)6-4-9/h3-6,8H,7H2,1-2H3. The van der Waals surface area contributed by atoms with Crippen LogP contribution in [-0.4, -0.2) is 31.7 Å². The summed E-state index contributed by atoms with van der Waals surface area (Å²) >= 11 is 1.27. The van der Waals surface area contributed by atoms with E-state index in [0.717, 1.165) is 0 Å². The third-order valence-electron chi connectivity index (χ3n) is 2.45. The number of tetrazole rings is 1. The van der Waals surface area contributed by atoms with Gasteiger partial charge in [-0.05, 0) is 48.5 Å². The van der Waals surface area contributed by atoms with Gasteiger partial charge in [0.15, 0.2) is 5.78 Å². The molecule has 0 fully saturated rings. The van der Waals surface area contributed by atoms with Crippen LogP contribution in [0.25, 0.3) is 0 Å². The number of aromatic nitrogens is 4. The maximum Gasteiger partial charge on any atom is 0.209 e. The average molecular weight is 280 g/mol. The fraction of sp³-hybridized carbons (Fsp3) is 0.333. The minimum atomic E-state index is -0.354. The minimum absolute atomic E-state index is 0.0803. The fourth-order valence-corrected chi connectivity index (χ4v) is 2.35. The Hall–Kier alpha value is -1.76. The lowest BCUT2D eigenvalue weighted by Gasteiger charge is -2.06. The summed E-state index contributed by atoms with van der Waals surface area (Å²) in [4.78, 5) is 11.9. The van der Waals surface area contributed by atoms with E-state index >= 15 is 0 Å². The summed E-state index contributed by atoms with van der Waals surface area (Å²) < 4.78 is 14.4. The number of rotatable bonds is 5. The average Bonchev–Trinajstić information content (AvgIpc) is 2.85. The second-order valence-corrected chi connectivity index (χ2v) is 5.16. The summed E-state index contributed by atoms with van der Waals surface area (Å²) in [5.41, 5.74) is 0.484. The number of carbonyl (C=O) groups excluding carboxylic acids is 1. The van der Waals surface area contributed by atoms with Crippen molar-refractivity contribution in [2.75, 3.05) is 5.75 Å². The third kappa shape index (κ3) is 3.37. The molecule has 5 nitrogen and oxygen atoms in total. The molecule has 0 aliphatic carbocycles. The van der Waals surface area contributed by atoms with E-state index in [9.17, 15) is 9.18 Å². The van der Waals surface area contributed by atoms with Crippen molar-refractivity contribution in [1.29, 1.82) is 0 Å². The molecule has 0 radical (unpaired) electrons. The van der Waals surface area contributed by atoms with Crippen LogP contribution in [0.5, 0.6) is 0 Å². The van der Waals surface area contributed by atoms with Crippen LogP contribution in [0.1, 0.15) is 30.2 Å². The second kappa shape index (κ2) is 5.92. The van der Waals surface area contributed by atoms with E-state index in [1.165, 1.54) is 36.0 Å². The first kappa shape index (κ1) is 13.7. The zero-order valence-corrected chi connectivity index (χ0v) is 11.4. The van der Waals surface area contributed by atoms with Crippen molar-refractivity contribution >= 4 is 17.5 Å². The van der Waals surface area contributed by atoms with Gasteiger partial charge in [-0.25, -0.2) is 9.07 Å². The first-order valence-corrected chi connectivity index (χ1v) is 6.76. The molecule has 7 heteroatoms. The number of carbonyl (C=O) groups is 1. The summed E-state index contributed by atoms with van der Waals surface area (Å²) in [5.74, 6) is -0.213. The minimum Gasteiger partial charge on any atom is -0.293 e. The molecule has 0 unspecified atom stereocenters. The van der Waals surface area contributed by atoms with E-state index in [1.54, 1.807) is 4.68 Å². The monoisotopic (exact) mass is 280 g/mol. The molecule has 1 aromatic carbocycles. The number of hydrogen-bond acceptors (Lipinski definition) is 5. The van der Waals surface area contributed by atoms with Crippen LogP contribution in [0.2, 0.25) is 0 Å². The van der Waals surface area contributed by atoms with Crippen molar-refractivity contribution in [1.82, 2.24) is 20.2 Å². The molecular weight excluding hydrogens is 267 g/mol. The first-order valence-electron chi connectivity index (χ1n) is 5.77. The number of ketones is 1. The summed E-state index contributed by atoms with van der Waals surface area (Å²) in [7, 11) is 0. The van der Waals surface area contributed by atoms with Crippen LogP contribution in [0.15, 0.2) is 29.4 Å². The zero-order chi connectivity index (χ0) is 13.8. The molecule has 0 spiro atoms. The molecule has 2 aromatic rings. The van der Waals surface area contributed by atoms with Gasteiger partial charge in [0.05, 0.1) is 11.8 Å². The van der Waals surface area contributed by atoms with Gasteiger partial charge in [-0.15, -0.1) is 5.10 Å². The van der Waals surface area contributed by atoms with Gasteiger partial charge in [0.1, 0.15) is 5.82 Å². The Morgan fingerprint density at radius 1 is 1.37 bits per heavy atom. The van der Waals surface area contributed by atoms with Crippen LogP contribution in [0.3, 0.4) is 0 Å². The Bertz CT molecular complexity index is 567. The lowest BCUT2D eigenvalue weighted by molar-refractivity contribution is 0.102. The van der Waals surface area contributed by atoms with Gasteiger partial charge in [0.2, 0.25) is 5.16 Å². The van der Waals surface area contributed by atoms with Gasteiger partial charge < -0.3 is 0 Å². The third-order valence-corrected chi connectivity index (χ3v) is 3.38. The second-order valence-electron chi connectivity index (χ2n) is 4.22. The van der Waals surface area contributed by atoms with E-state index in [1.807, 2.05) is 13.8 Å². The van der Waals surface area contributed by atoms with Crippen LogP contribution >= 0.6 is 11.8 Å². The molecule has 1 aromatic heterocycles. The Morgan fingerprint density at radius 2 is 2.05 bits per heavy atom. The molecule has 0 amide bonds. The molecule has 0 saturated carbocycles. The fourth-order valence-electron chi connectivity index (χ4n) is 1.45. The number of thioether (sulfide) groups is 1. The molecule has 0 aliphatic rings. The summed E-state index contributed by atoms with van der Waals surface area (Å²) in [6.07, 6.45) is 0. The Labute approximate surface area is 114 Å². The lowest BCUT2D eigenvalue weighted by atomic mass is 10.1. The number of benzene rings is 1. The predicted molar refractivity (Wildman–Crippen MR) is 69.7 cm³/mol. The highest BCUT2D eigenvalue weighted by Gasteiger charge is 2.13. The SMILES string of the molecule is CC(C)n1nnnc1SCC(=O)c1ccc(F)cc1. The Kier molecular flexibility index (Phi) is 4.26. The predicted octanol–water partition coefficient (Wildman–Crippen LogP) is 2.37. The van der Waals surface area contributed by atoms with Gasteiger partial charge >= 0.3 is 0 Å². The highest BCUT2D eigenvalue weighted by Crippen LogP contribution is 2.18. The molecule has 0 atom stereocenters. The maximum atomic E-state index is 12.8. The van der Waals surface area contributed by atoms with E-state index < -0.39 is 0 Å². The lowest BCUT2D eigenvalue weighted by Crippen LogP contribution is -2.07. The van der Waals surface area contributed by atoms with Gasteiger partial charge in [0, 0.05) is 5.56 Å². The van der Waals surface area contributed by atoms with Crippen LogP contribution in [-0.2, 0) is 0 Å². The van der Waals surface area contributed by atoms with E-state index in [4.69, 9.17) is 0 Å². The van der Waals surface area contributed by atoms with Crippen LogP contribution < -0.4 is 0 Å². The highest BCUT2D eigenvalue weighted by atomic mass is 32.2. The van der Waals surface area contributed by atoms with Crippen molar-refractivity contribution in [3.63, 3.8) is 0 Å². The van der Waals surface area contributed by atoms with E-state index in [0.29, 0.717) is 10.7 Å². The van der Waals surface area contributed by atoms with Gasteiger partial charge in [0.25, 0.3) is 0 Å². The zero-order valence-electron chi connectivity index (χ0n) is 10.6. The number of Topliss-reactive ketones (excluding diaryl/α,β-unsaturated/α-hetero) is 1. The topological polar surface area (TPSA) is 60.7 Å². The van der Waals surface area contributed by atoms with Crippen LogP contribution in [0, 0.1) is 5.82 Å². The molecule has 0 aliphatic heterocycles. The molecular formula is C12H13FN4OS. The maximum absolute atomic E-state index is 12.8. The van der Waals surface area contributed by atoms with E-state index in [-0.39, 0.29) is 23.4 Å². The summed E-state index contributed by atoms with van der Waals surface area (Å²) in [5, 5.41) is 11.9.